The molecule has 1 aromatic rings. The van der Waals surface area contributed by atoms with Crippen LogP contribution in [0.25, 0.3) is 0 Å². The monoisotopic (exact) mass is 202 g/mol. The molecule has 0 aromatic heterocycles. The van der Waals surface area contributed by atoms with E-state index >= 15 is 0 Å². The van der Waals surface area contributed by atoms with E-state index in [-0.39, 0.29) is 0 Å². The fraction of sp³-hybridized carbons (Fsp3) is 0.400. The normalized spacial score (nSPS) is 12.7. The molecule has 2 heteroatoms. The van der Waals surface area contributed by atoms with E-state index in [1.807, 2.05) is 0 Å². The third-order valence-corrected chi connectivity index (χ3v) is 6.11. The summed E-state index contributed by atoms with van der Waals surface area (Å²) >= 11 is 0. The molecule has 0 N–H and O–H groups in total. The standard InChI is InChI=1S/C10H20P2/c1-11(2)9-7-5-6-8-10(9)12(3)4/h5-8H,11-12H2,1-4H3. The Morgan fingerprint density at radius 3 is 1.33 bits per heavy atom. The quantitative estimate of drug-likeness (QED) is 0.635. The van der Waals surface area contributed by atoms with E-state index in [1.165, 1.54) is 0 Å². The predicted molar refractivity (Wildman–Crippen MR) is 68.8 cm³/mol. The molecule has 0 aliphatic rings. The van der Waals surface area contributed by atoms with E-state index in [4.69, 9.17) is 0 Å². The van der Waals surface area contributed by atoms with Crippen LogP contribution in [0.1, 0.15) is 0 Å². The second kappa shape index (κ2) is 4.35. The molecule has 0 fully saturated rings. The zero-order valence-electron chi connectivity index (χ0n) is 8.46. The zero-order chi connectivity index (χ0) is 9.14. The predicted octanol–water partition coefficient (Wildman–Crippen LogP) is 1.35. The van der Waals surface area contributed by atoms with Gasteiger partial charge in [0.1, 0.15) is 0 Å². The van der Waals surface area contributed by atoms with Crippen molar-refractivity contribution in [2.75, 3.05) is 26.7 Å². The van der Waals surface area contributed by atoms with Crippen LogP contribution in [-0.4, -0.2) is 26.7 Å². The van der Waals surface area contributed by atoms with Crippen molar-refractivity contribution in [3.05, 3.63) is 24.3 Å². The van der Waals surface area contributed by atoms with Gasteiger partial charge in [0.15, 0.2) is 0 Å². The van der Waals surface area contributed by atoms with E-state index in [2.05, 4.69) is 50.9 Å². The van der Waals surface area contributed by atoms with Crippen molar-refractivity contribution in [3.63, 3.8) is 0 Å². The van der Waals surface area contributed by atoms with Crippen LogP contribution in [-0.2, 0) is 0 Å². The van der Waals surface area contributed by atoms with Crippen LogP contribution in [0.4, 0.5) is 0 Å². The van der Waals surface area contributed by atoms with Gasteiger partial charge >= 0.3 is 77.4 Å². The van der Waals surface area contributed by atoms with E-state index in [9.17, 15) is 0 Å². The third kappa shape index (κ3) is 2.28. The Morgan fingerprint density at radius 2 is 1.08 bits per heavy atom. The molecule has 12 heavy (non-hydrogen) atoms. The molecule has 0 saturated heterocycles. The molecular formula is C10H20P2. The Labute approximate surface area is 77.9 Å². The summed E-state index contributed by atoms with van der Waals surface area (Å²) < 4.78 is 0. The second-order valence-corrected chi connectivity index (χ2v) is 9.80. The van der Waals surface area contributed by atoms with Gasteiger partial charge in [-0.15, -0.1) is 0 Å². The molecular weight excluding hydrogens is 182 g/mol. The molecule has 0 radical (unpaired) electrons. The summed E-state index contributed by atoms with van der Waals surface area (Å²) in [5, 5.41) is 3.39. The van der Waals surface area contributed by atoms with Crippen LogP contribution >= 0.6 is 15.8 Å². The van der Waals surface area contributed by atoms with Crippen molar-refractivity contribution in [2.24, 2.45) is 0 Å². The van der Waals surface area contributed by atoms with Gasteiger partial charge in [-0.2, -0.15) is 0 Å². The number of hydrogen-bond donors (Lipinski definition) is 0. The minimum absolute atomic E-state index is 0.590. The van der Waals surface area contributed by atoms with Gasteiger partial charge in [0.25, 0.3) is 0 Å². The van der Waals surface area contributed by atoms with E-state index in [0.29, 0.717) is 0 Å². The summed E-state index contributed by atoms with van der Waals surface area (Å²) in [5.74, 6) is 0. The van der Waals surface area contributed by atoms with Gasteiger partial charge in [-0.1, -0.05) is 0 Å². The van der Waals surface area contributed by atoms with E-state index in [0.717, 1.165) is 0 Å². The van der Waals surface area contributed by atoms with Gasteiger partial charge in [-0.05, 0) is 0 Å². The topological polar surface area (TPSA) is 0 Å². The van der Waals surface area contributed by atoms with Crippen LogP contribution in [0.3, 0.4) is 0 Å². The number of hydrogen-bond acceptors (Lipinski definition) is 0. The molecule has 0 bridgehead atoms. The summed E-state index contributed by atoms with van der Waals surface area (Å²) in [6.07, 6.45) is 0. The van der Waals surface area contributed by atoms with Crippen molar-refractivity contribution in [2.45, 2.75) is 0 Å². The van der Waals surface area contributed by atoms with E-state index in [1.54, 1.807) is 10.6 Å². The molecule has 0 amide bonds. The van der Waals surface area contributed by atoms with Gasteiger partial charge in [0.2, 0.25) is 0 Å². The van der Waals surface area contributed by atoms with Gasteiger partial charge < -0.3 is 0 Å². The Bertz CT molecular complexity index is 227. The first-order chi connectivity index (χ1) is 5.63. The number of benzene rings is 1. The van der Waals surface area contributed by atoms with Crippen molar-refractivity contribution in [3.8, 4) is 0 Å². The Hall–Kier alpha value is 0.0800. The van der Waals surface area contributed by atoms with Crippen LogP contribution in [0.5, 0.6) is 0 Å². The molecule has 0 unspecified atom stereocenters. The Kier molecular flexibility index (Phi) is 3.69. The summed E-state index contributed by atoms with van der Waals surface area (Å²) in [5.41, 5.74) is 0. The maximum absolute atomic E-state index is 2.41. The van der Waals surface area contributed by atoms with Crippen LogP contribution < -0.4 is 10.6 Å². The first-order valence-corrected chi connectivity index (χ1v) is 10.5. The molecule has 0 nitrogen and oxygen atoms in total. The second-order valence-electron chi connectivity index (χ2n) is 3.94. The summed E-state index contributed by atoms with van der Waals surface area (Å²) in [7, 11) is -1.18. The molecule has 0 atom stereocenters. The molecule has 1 aromatic carbocycles. The first-order valence-electron chi connectivity index (χ1n) is 4.71. The van der Waals surface area contributed by atoms with Crippen LogP contribution in [0.2, 0.25) is 0 Å². The average molecular weight is 202 g/mol. The molecule has 0 aliphatic heterocycles. The van der Waals surface area contributed by atoms with Gasteiger partial charge in [-0.25, -0.2) is 0 Å². The Balaban J connectivity index is 3.09. The fourth-order valence-corrected chi connectivity index (χ4v) is 6.08. The molecule has 70 valence electrons. The summed E-state index contributed by atoms with van der Waals surface area (Å²) in [4.78, 5) is 0. The molecule has 0 saturated carbocycles. The molecule has 0 heterocycles. The fourth-order valence-electron chi connectivity index (χ4n) is 1.56. The molecule has 1 rings (SSSR count). The Morgan fingerprint density at radius 1 is 0.750 bits per heavy atom. The first kappa shape index (κ1) is 10.2. The van der Waals surface area contributed by atoms with Gasteiger partial charge in [-0.3, -0.25) is 0 Å². The third-order valence-electron chi connectivity index (χ3n) is 2.24. The zero-order valence-corrected chi connectivity index (χ0v) is 10.8. The summed E-state index contributed by atoms with van der Waals surface area (Å²) in [6, 6.07) is 9.03. The molecule has 0 aliphatic carbocycles. The van der Waals surface area contributed by atoms with Crippen molar-refractivity contribution in [1.82, 2.24) is 0 Å². The number of rotatable bonds is 2. The minimum atomic E-state index is -0.590. The van der Waals surface area contributed by atoms with Gasteiger partial charge in [0.05, 0.1) is 0 Å². The van der Waals surface area contributed by atoms with Crippen molar-refractivity contribution in [1.29, 1.82) is 0 Å². The van der Waals surface area contributed by atoms with Crippen LogP contribution in [0, 0.1) is 0 Å². The van der Waals surface area contributed by atoms with E-state index < -0.39 is 15.8 Å². The summed E-state index contributed by atoms with van der Waals surface area (Å²) in [6.45, 7) is 9.65. The average Bonchev–Trinajstić information content (AvgIpc) is 2.04. The maximum atomic E-state index is 2.41. The van der Waals surface area contributed by atoms with Crippen molar-refractivity contribution < 1.29 is 0 Å². The SMILES string of the molecule is C[PH2](C)c1ccccc1[PH2](C)C. The molecule has 0 spiro atoms. The van der Waals surface area contributed by atoms with Crippen LogP contribution in [0.15, 0.2) is 24.3 Å². The van der Waals surface area contributed by atoms with Crippen molar-refractivity contribution >= 4 is 26.5 Å². The van der Waals surface area contributed by atoms with Gasteiger partial charge in [0, 0.05) is 0 Å².